The van der Waals surface area contributed by atoms with Crippen LogP contribution in [0.5, 0.6) is 11.5 Å². The maximum atomic E-state index is 12.6. The number of nitrogens with zero attached hydrogens (tertiary/aromatic N) is 5. The smallest absolute Gasteiger partial charge is 0.260 e. The number of hydrogen-bond donors (Lipinski definition) is 0. The second-order valence-corrected chi connectivity index (χ2v) is 7.03. The van der Waals surface area contributed by atoms with Crippen molar-refractivity contribution in [3.05, 3.63) is 60.7 Å². The van der Waals surface area contributed by atoms with Gasteiger partial charge in [0.2, 0.25) is 0 Å². The third-order valence-electron chi connectivity index (χ3n) is 5.06. The molecule has 1 saturated heterocycles. The molecule has 0 atom stereocenters. The highest BCUT2D eigenvalue weighted by Gasteiger charge is 2.23. The van der Waals surface area contributed by atoms with Gasteiger partial charge in [0.1, 0.15) is 17.5 Å². The summed E-state index contributed by atoms with van der Waals surface area (Å²) >= 11 is 0. The molecule has 0 N–H and O–H groups in total. The first-order valence-corrected chi connectivity index (χ1v) is 9.91. The third kappa shape index (κ3) is 4.37. The normalized spacial score (nSPS) is 13.9. The van der Waals surface area contributed by atoms with Gasteiger partial charge in [-0.15, -0.1) is 0 Å². The fraction of sp³-hybridized carbons (Fsp3) is 0.318. The highest BCUT2D eigenvalue weighted by molar-refractivity contribution is 5.78. The number of hydrogen-bond acceptors (Lipinski definition) is 6. The van der Waals surface area contributed by atoms with Gasteiger partial charge in [-0.05, 0) is 31.2 Å². The van der Waals surface area contributed by atoms with Crippen LogP contribution in [0.1, 0.15) is 5.82 Å². The van der Waals surface area contributed by atoms with Crippen molar-refractivity contribution in [3.63, 3.8) is 0 Å². The van der Waals surface area contributed by atoms with Gasteiger partial charge in [0, 0.05) is 44.6 Å². The van der Waals surface area contributed by atoms with Crippen LogP contribution in [0.3, 0.4) is 0 Å². The fourth-order valence-corrected chi connectivity index (χ4v) is 3.47. The maximum absolute atomic E-state index is 12.6. The molecule has 0 bridgehead atoms. The van der Waals surface area contributed by atoms with Crippen LogP contribution >= 0.6 is 0 Å². The lowest BCUT2D eigenvalue weighted by Crippen LogP contribution is -2.50. The Morgan fingerprint density at radius 3 is 2.33 bits per heavy atom. The Morgan fingerprint density at radius 2 is 1.63 bits per heavy atom. The lowest BCUT2D eigenvalue weighted by atomic mass is 10.3. The molecular formula is C22H25N5O3. The lowest BCUT2D eigenvalue weighted by Gasteiger charge is -2.35. The Morgan fingerprint density at radius 1 is 0.967 bits per heavy atom. The number of methoxy groups -OCH3 is 1. The SMILES string of the molecule is COc1ccccc1OCC(=O)N1CCN(c2cc(-n3cccc3)nc(C)n2)CC1. The number of aromatic nitrogens is 3. The van der Waals surface area contributed by atoms with E-state index in [0.717, 1.165) is 17.5 Å². The van der Waals surface area contributed by atoms with Crippen molar-refractivity contribution >= 4 is 11.7 Å². The largest absolute Gasteiger partial charge is 0.493 e. The highest BCUT2D eigenvalue weighted by atomic mass is 16.5. The molecule has 30 heavy (non-hydrogen) atoms. The van der Waals surface area contributed by atoms with Crippen molar-refractivity contribution < 1.29 is 14.3 Å². The first-order chi connectivity index (χ1) is 14.6. The molecule has 1 fully saturated rings. The molecule has 1 aromatic carbocycles. The van der Waals surface area contributed by atoms with Gasteiger partial charge in [0.25, 0.3) is 5.91 Å². The first-order valence-electron chi connectivity index (χ1n) is 9.91. The minimum atomic E-state index is -0.0348. The van der Waals surface area contributed by atoms with E-state index in [1.165, 1.54) is 0 Å². The van der Waals surface area contributed by atoms with Crippen molar-refractivity contribution in [1.82, 2.24) is 19.4 Å². The van der Waals surface area contributed by atoms with Crippen LogP contribution in [-0.4, -0.2) is 65.2 Å². The van der Waals surface area contributed by atoms with Crippen molar-refractivity contribution in [1.29, 1.82) is 0 Å². The summed E-state index contributed by atoms with van der Waals surface area (Å²) in [6.45, 7) is 4.55. The standard InChI is InChI=1S/C22H25N5O3/c1-17-23-20(25-9-5-6-10-25)15-21(24-17)26-11-13-27(14-12-26)22(28)16-30-19-8-4-3-7-18(19)29-2/h3-10,15H,11-14,16H2,1-2H3. The zero-order valence-electron chi connectivity index (χ0n) is 17.2. The molecule has 0 saturated carbocycles. The van der Waals surface area contributed by atoms with Crippen molar-refractivity contribution in [2.75, 3.05) is 44.8 Å². The van der Waals surface area contributed by atoms with Crippen molar-refractivity contribution in [3.8, 4) is 17.3 Å². The first kappa shape index (κ1) is 19.8. The quantitative estimate of drug-likeness (QED) is 0.624. The number of carbonyl (C=O) groups is 1. The molecule has 3 aromatic rings. The number of benzene rings is 1. The van der Waals surface area contributed by atoms with Crippen LogP contribution < -0.4 is 14.4 Å². The number of ether oxygens (including phenoxy) is 2. The minimum absolute atomic E-state index is 0.00916. The van der Waals surface area contributed by atoms with Gasteiger partial charge in [-0.25, -0.2) is 9.97 Å². The van der Waals surface area contributed by atoms with E-state index in [4.69, 9.17) is 9.47 Å². The van der Waals surface area contributed by atoms with Gasteiger partial charge >= 0.3 is 0 Å². The molecule has 0 aliphatic carbocycles. The van der Waals surface area contributed by atoms with Gasteiger partial charge in [0.15, 0.2) is 18.1 Å². The summed E-state index contributed by atoms with van der Waals surface area (Å²) in [5.74, 6) is 3.59. The summed E-state index contributed by atoms with van der Waals surface area (Å²) in [4.78, 5) is 25.7. The number of carbonyl (C=O) groups excluding carboxylic acids is 1. The summed E-state index contributed by atoms with van der Waals surface area (Å²) in [6, 6.07) is 13.2. The maximum Gasteiger partial charge on any atom is 0.260 e. The average Bonchev–Trinajstić information content (AvgIpc) is 3.32. The van der Waals surface area contributed by atoms with Crippen molar-refractivity contribution in [2.45, 2.75) is 6.92 Å². The molecule has 0 spiro atoms. The molecule has 1 aliphatic rings. The summed E-state index contributed by atoms with van der Waals surface area (Å²) in [5, 5.41) is 0. The zero-order chi connectivity index (χ0) is 20.9. The monoisotopic (exact) mass is 407 g/mol. The zero-order valence-corrected chi connectivity index (χ0v) is 17.2. The van der Waals surface area contributed by atoms with Gasteiger partial charge in [-0.1, -0.05) is 12.1 Å². The summed E-state index contributed by atoms with van der Waals surface area (Å²) in [7, 11) is 1.58. The predicted molar refractivity (Wildman–Crippen MR) is 113 cm³/mol. The van der Waals surface area contributed by atoms with Gasteiger partial charge in [0.05, 0.1) is 7.11 Å². The molecule has 3 heterocycles. The van der Waals surface area contributed by atoms with E-state index in [0.29, 0.717) is 37.7 Å². The molecule has 2 aromatic heterocycles. The van der Waals surface area contributed by atoms with Crippen LogP contribution in [0.2, 0.25) is 0 Å². The molecule has 8 heteroatoms. The number of rotatable bonds is 6. The predicted octanol–water partition coefficient (Wildman–Crippen LogP) is 2.31. The van der Waals surface area contributed by atoms with Crippen LogP contribution in [0, 0.1) is 6.92 Å². The molecule has 0 unspecified atom stereocenters. The second-order valence-electron chi connectivity index (χ2n) is 7.03. The number of amides is 1. The molecule has 4 rings (SSSR count). The highest BCUT2D eigenvalue weighted by Crippen LogP contribution is 2.25. The van der Waals surface area contributed by atoms with Crippen molar-refractivity contribution in [2.24, 2.45) is 0 Å². The second kappa shape index (κ2) is 8.86. The minimum Gasteiger partial charge on any atom is -0.493 e. The summed E-state index contributed by atoms with van der Waals surface area (Å²) < 4.78 is 12.9. The summed E-state index contributed by atoms with van der Waals surface area (Å²) in [5.41, 5.74) is 0. The Balaban J connectivity index is 1.35. The van der Waals surface area contributed by atoms with Crippen LogP contribution in [0.15, 0.2) is 54.9 Å². The van der Waals surface area contributed by atoms with Gasteiger partial charge in [-0.2, -0.15) is 0 Å². The number of piperazine rings is 1. The van der Waals surface area contributed by atoms with E-state index in [1.807, 2.05) is 65.2 Å². The summed E-state index contributed by atoms with van der Waals surface area (Å²) in [6.07, 6.45) is 3.92. The van der Waals surface area contributed by atoms with Crippen LogP contribution in [0.25, 0.3) is 5.82 Å². The topological polar surface area (TPSA) is 72.7 Å². The molecular weight excluding hydrogens is 382 g/mol. The van der Waals surface area contributed by atoms with Crippen LogP contribution in [0.4, 0.5) is 5.82 Å². The van der Waals surface area contributed by atoms with E-state index in [-0.39, 0.29) is 12.5 Å². The Bertz CT molecular complexity index is 998. The molecule has 0 radical (unpaired) electrons. The lowest BCUT2D eigenvalue weighted by molar-refractivity contribution is -0.133. The Kier molecular flexibility index (Phi) is 5.83. The molecule has 1 aliphatic heterocycles. The Labute approximate surface area is 175 Å². The van der Waals surface area contributed by atoms with E-state index in [9.17, 15) is 4.79 Å². The molecule has 1 amide bonds. The van der Waals surface area contributed by atoms with Crippen LogP contribution in [-0.2, 0) is 4.79 Å². The number of aryl methyl sites for hydroxylation is 1. The van der Waals surface area contributed by atoms with E-state index in [2.05, 4.69) is 14.9 Å². The van der Waals surface area contributed by atoms with E-state index >= 15 is 0 Å². The fourth-order valence-electron chi connectivity index (χ4n) is 3.47. The number of anilines is 1. The van der Waals surface area contributed by atoms with E-state index in [1.54, 1.807) is 13.2 Å². The van der Waals surface area contributed by atoms with Gasteiger partial charge < -0.3 is 23.8 Å². The molecule has 156 valence electrons. The van der Waals surface area contributed by atoms with E-state index < -0.39 is 0 Å². The molecule has 8 nitrogen and oxygen atoms in total. The van der Waals surface area contributed by atoms with Gasteiger partial charge in [-0.3, -0.25) is 4.79 Å². The number of para-hydroxylation sites is 2. The average molecular weight is 407 g/mol. The third-order valence-corrected chi connectivity index (χ3v) is 5.06. The Hall–Kier alpha value is -3.55.